The minimum Gasteiger partial charge on any atom is -0.378 e. The van der Waals surface area contributed by atoms with Crippen molar-refractivity contribution in [1.29, 1.82) is 0 Å². The van der Waals surface area contributed by atoms with Crippen molar-refractivity contribution in [2.24, 2.45) is 0 Å². The summed E-state index contributed by atoms with van der Waals surface area (Å²) in [5.41, 5.74) is 1.04. The average Bonchev–Trinajstić information content (AvgIpc) is 2.30. The monoisotopic (exact) mass is 223 g/mol. The predicted molar refractivity (Wildman–Crippen MR) is 63.2 cm³/mol. The molecular formula is C13H21NO2. The second-order valence-corrected chi connectivity index (χ2v) is 4.64. The van der Waals surface area contributed by atoms with Gasteiger partial charge in [0.25, 0.3) is 0 Å². The van der Waals surface area contributed by atoms with E-state index in [1.165, 1.54) is 19.3 Å². The fraction of sp³-hybridized carbons (Fsp3) is 0.769. The Hall–Kier alpha value is -0.830. The Morgan fingerprint density at radius 2 is 1.69 bits per heavy atom. The van der Waals surface area contributed by atoms with Gasteiger partial charge in [0.1, 0.15) is 0 Å². The van der Waals surface area contributed by atoms with Crippen LogP contribution in [0.2, 0.25) is 0 Å². The highest BCUT2D eigenvalue weighted by Gasteiger charge is 2.14. The molecule has 0 amide bonds. The molecule has 3 heteroatoms. The molecule has 1 aliphatic carbocycles. The minimum absolute atomic E-state index is 0.367. The second kappa shape index (κ2) is 6.04. The van der Waals surface area contributed by atoms with E-state index in [4.69, 9.17) is 4.74 Å². The Morgan fingerprint density at radius 3 is 2.44 bits per heavy atom. The summed E-state index contributed by atoms with van der Waals surface area (Å²) in [6, 6.07) is 0. The first-order valence-corrected chi connectivity index (χ1v) is 6.42. The maximum atomic E-state index is 11.9. The zero-order valence-electron chi connectivity index (χ0n) is 9.91. The number of ether oxygens (including phenoxy) is 1. The molecule has 1 heterocycles. The van der Waals surface area contributed by atoms with Crippen LogP contribution in [0.5, 0.6) is 0 Å². The summed E-state index contributed by atoms with van der Waals surface area (Å²) >= 11 is 0. The van der Waals surface area contributed by atoms with Gasteiger partial charge in [0, 0.05) is 31.3 Å². The first-order chi connectivity index (χ1) is 7.86. The van der Waals surface area contributed by atoms with Gasteiger partial charge < -0.3 is 9.64 Å². The van der Waals surface area contributed by atoms with Crippen LogP contribution in [-0.2, 0) is 9.53 Å². The van der Waals surface area contributed by atoms with Crippen LogP contribution in [0.3, 0.4) is 0 Å². The maximum absolute atomic E-state index is 11.9. The molecule has 1 saturated heterocycles. The van der Waals surface area contributed by atoms with Gasteiger partial charge in [-0.2, -0.15) is 0 Å². The first kappa shape index (κ1) is 11.6. The van der Waals surface area contributed by atoms with Crippen LogP contribution in [0.15, 0.2) is 11.8 Å². The largest absolute Gasteiger partial charge is 0.378 e. The third kappa shape index (κ3) is 3.34. The van der Waals surface area contributed by atoms with E-state index < -0.39 is 0 Å². The van der Waals surface area contributed by atoms with Crippen LogP contribution in [0.1, 0.15) is 38.5 Å². The summed E-state index contributed by atoms with van der Waals surface area (Å²) in [4.78, 5) is 14.1. The van der Waals surface area contributed by atoms with Gasteiger partial charge in [-0.05, 0) is 19.3 Å². The van der Waals surface area contributed by atoms with E-state index in [1.807, 2.05) is 0 Å². The number of hydrogen-bond acceptors (Lipinski definition) is 3. The molecule has 16 heavy (non-hydrogen) atoms. The summed E-state index contributed by atoms with van der Waals surface area (Å²) in [6.07, 6.45) is 8.54. The van der Waals surface area contributed by atoms with E-state index in [2.05, 4.69) is 11.1 Å². The van der Waals surface area contributed by atoms with Crippen LogP contribution in [0.4, 0.5) is 0 Å². The Kier molecular flexibility index (Phi) is 4.40. The van der Waals surface area contributed by atoms with Crippen LogP contribution >= 0.6 is 0 Å². The number of rotatable bonds is 1. The Labute approximate surface area is 97.5 Å². The van der Waals surface area contributed by atoms with Crippen molar-refractivity contribution in [3.63, 3.8) is 0 Å². The Balaban J connectivity index is 1.97. The van der Waals surface area contributed by atoms with Gasteiger partial charge in [-0.15, -0.1) is 0 Å². The smallest absolute Gasteiger partial charge is 0.160 e. The molecule has 2 aliphatic rings. The van der Waals surface area contributed by atoms with Gasteiger partial charge in [-0.3, -0.25) is 4.79 Å². The molecule has 0 radical (unpaired) electrons. The van der Waals surface area contributed by atoms with Crippen molar-refractivity contribution in [2.45, 2.75) is 38.5 Å². The van der Waals surface area contributed by atoms with E-state index >= 15 is 0 Å². The van der Waals surface area contributed by atoms with Gasteiger partial charge in [0.05, 0.1) is 13.2 Å². The summed E-state index contributed by atoms with van der Waals surface area (Å²) < 4.78 is 5.30. The highest BCUT2D eigenvalue weighted by atomic mass is 16.5. The molecule has 1 saturated carbocycles. The molecule has 90 valence electrons. The zero-order chi connectivity index (χ0) is 11.2. The maximum Gasteiger partial charge on any atom is 0.160 e. The third-order valence-electron chi connectivity index (χ3n) is 3.34. The second-order valence-electron chi connectivity index (χ2n) is 4.64. The normalized spacial score (nSPS) is 26.6. The summed E-state index contributed by atoms with van der Waals surface area (Å²) in [7, 11) is 0. The molecule has 1 aliphatic heterocycles. The number of hydrogen-bond donors (Lipinski definition) is 0. The van der Waals surface area contributed by atoms with Crippen LogP contribution < -0.4 is 0 Å². The molecule has 0 bridgehead atoms. The Bertz CT molecular complexity index is 267. The van der Waals surface area contributed by atoms with Gasteiger partial charge in [-0.1, -0.05) is 12.8 Å². The quantitative estimate of drug-likeness (QED) is 0.638. The van der Waals surface area contributed by atoms with Crippen molar-refractivity contribution < 1.29 is 9.53 Å². The number of nitrogens with zero attached hydrogens (tertiary/aromatic N) is 1. The predicted octanol–water partition coefficient (Wildman–Crippen LogP) is 2.13. The van der Waals surface area contributed by atoms with E-state index in [0.717, 1.165) is 51.1 Å². The van der Waals surface area contributed by atoms with Crippen LogP contribution in [0, 0.1) is 0 Å². The van der Waals surface area contributed by atoms with Crippen molar-refractivity contribution in [3.05, 3.63) is 11.8 Å². The van der Waals surface area contributed by atoms with Crippen molar-refractivity contribution in [3.8, 4) is 0 Å². The number of Topliss-reactive ketones (excluding diaryl/α,β-unsaturated/α-hetero) is 1. The van der Waals surface area contributed by atoms with E-state index in [9.17, 15) is 4.79 Å². The van der Waals surface area contributed by atoms with Crippen molar-refractivity contribution in [2.75, 3.05) is 26.3 Å². The first-order valence-electron chi connectivity index (χ1n) is 6.42. The highest BCUT2D eigenvalue weighted by molar-refractivity contribution is 5.95. The van der Waals surface area contributed by atoms with Crippen molar-refractivity contribution in [1.82, 2.24) is 4.90 Å². The minimum atomic E-state index is 0.367. The molecule has 3 nitrogen and oxygen atoms in total. The number of morpholine rings is 1. The lowest BCUT2D eigenvalue weighted by Crippen LogP contribution is -2.32. The summed E-state index contributed by atoms with van der Waals surface area (Å²) in [5, 5.41) is 0. The van der Waals surface area contributed by atoms with Gasteiger partial charge in [0.15, 0.2) is 5.78 Å². The highest BCUT2D eigenvalue weighted by Crippen LogP contribution is 2.19. The summed E-state index contributed by atoms with van der Waals surface area (Å²) in [6.45, 7) is 3.43. The molecule has 0 aromatic rings. The molecule has 0 aromatic heterocycles. The fourth-order valence-electron chi connectivity index (χ4n) is 2.32. The van der Waals surface area contributed by atoms with Crippen LogP contribution in [-0.4, -0.2) is 37.0 Å². The lowest BCUT2D eigenvalue weighted by Gasteiger charge is -2.26. The lowest BCUT2D eigenvalue weighted by molar-refractivity contribution is -0.116. The topological polar surface area (TPSA) is 29.5 Å². The Morgan fingerprint density at radius 1 is 1.00 bits per heavy atom. The fourth-order valence-corrected chi connectivity index (χ4v) is 2.32. The third-order valence-corrected chi connectivity index (χ3v) is 3.34. The molecule has 0 atom stereocenters. The number of carbonyl (C=O) groups excluding carboxylic acids is 1. The standard InChI is InChI=1S/C13H21NO2/c15-13-6-4-2-1-3-5-12(13)11-14-7-9-16-10-8-14/h11H,1-10H2. The van der Waals surface area contributed by atoms with E-state index in [1.54, 1.807) is 0 Å². The van der Waals surface area contributed by atoms with Crippen LogP contribution in [0.25, 0.3) is 0 Å². The average molecular weight is 223 g/mol. The molecule has 0 aromatic carbocycles. The summed E-state index contributed by atoms with van der Waals surface area (Å²) in [5.74, 6) is 0.367. The van der Waals surface area contributed by atoms with Gasteiger partial charge >= 0.3 is 0 Å². The van der Waals surface area contributed by atoms with E-state index in [-0.39, 0.29) is 0 Å². The molecule has 0 unspecified atom stereocenters. The van der Waals surface area contributed by atoms with E-state index in [0.29, 0.717) is 5.78 Å². The van der Waals surface area contributed by atoms with Crippen molar-refractivity contribution >= 4 is 5.78 Å². The molecular weight excluding hydrogens is 202 g/mol. The van der Waals surface area contributed by atoms with Gasteiger partial charge in [-0.25, -0.2) is 0 Å². The number of ketones is 1. The SMILES string of the molecule is O=C1CCCCCCC1=CN1CCOCC1. The molecule has 0 spiro atoms. The number of allylic oxidation sites excluding steroid dienone is 1. The molecule has 2 fully saturated rings. The van der Waals surface area contributed by atoms with Gasteiger partial charge in [0.2, 0.25) is 0 Å². The molecule has 0 N–H and O–H groups in total. The lowest BCUT2D eigenvalue weighted by atomic mass is 9.95. The number of carbonyl (C=O) groups is 1. The molecule has 2 rings (SSSR count). The zero-order valence-corrected chi connectivity index (χ0v) is 9.91.